The first-order chi connectivity index (χ1) is 13.6. The number of carbonyl (C=O) groups is 2. The molecule has 2 heterocycles. The molecule has 0 bridgehead atoms. The molecule has 3 rings (SSSR count). The molecule has 7 nitrogen and oxygen atoms in total. The second-order valence-corrected chi connectivity index (χ2v) is 6.72. The molecule has 1 aliphatic rings. The lowest BCUT2D eigenvalue weighted by Gasteiger charge is -2.22. The number of rotatable bonds is 7. The highest BCUT2D eigenvalue weighted by Gasteiger charge is 2.32. The summed E-state index contributed by atoms with van der Waals surface area (Å²) in [4.78, 5) is 29.8. The van der Waals surface area contributed by atoms with Gasteiger partial charge in [0, 0.05) is 38.0 Å². The maximum atomic E-state index is 12.4. The minimum Gasteiger partial charge on any atom is -0.493 e. The third-order valence-electron chi connectivity index (χ3n) is 4.77. The van der Waals surface area contributed by atoms with E-state index in [-0.39, 0.29) is 17.9 Å². The predicted octanol–water partition coefficient (Wildman–Crippen LogP) is 2.30. The summed E-state index contributed by atoms with van der Waals surface area (Å²) in [6.45, 7) is 2.90. The Hall–Kier alpha value is -3.09. The summed E-state index contributed by atoms with van der Waals surface area (Å²) < 4.78 is 11.2. The van der Waals surface area contributed by atoms with Gasteiger partial charge in [0.15, 0.2) is 11.5 Å². The number of methoxy groups -OCH3 is 1. The first-order valence-electron chi connectivity index (χ1n) is 9.32. The van der Waals surface area contributed by atoms with Gasteiger partial charge in [0.05, 0.1) is 7.11 Å². The van der Waals surface area contributed by atoms with Gasteiger partial charge in [-0.1, -0.05) is 12.1 Å². The van der Waals surface area contributed by atoms with Gasteiger partial charge < -0.3 is 19.7 Å². The van der Waals surface area contributed by atoms with Gasteiger partial charge in [-0.05, 0) is 36.6 Å². The normalized spacial score (nSPS) is 15.9. The van der Waals surface area contributed by atoms with Crippen LogP contribution in [0, 0.1) is 0 Å². The number of amides is 2. The molecule has 1 unspecified atom stereocenters. The molecule has 28 heavy (non-hydrogen) atoms. The van der Waals surface area contributed by atoms with Crippen molar-refractivity contribution in [3.8, 4) is 11.5 Å². The molecule has 1 atom stereocenters. The fourth-order valence-corrected chi connectivity index (χ4v) is 3.31. The van der Waals surface area contributed by atoms with Crippen molar-refractivity contribution in [1.82, 2.24) is 15.2 Å². The Balaban J connectivity index is 1.59. The van der Waals surface area contributed by atoms with E-state index in [0.29, 0.717) is 37.6 Å². The van der Waals surface area contributed by atoms with Crippen LogP contribution in [0.4, 0.5) is 0 Å². The van der Waals surface area contributed by atoms with Crippen LogP contribution in [-0.4, -0.2) is 41.4 Å². The third kappa shape index (κ3) is 4.79. The van der Waals surface area contributed by atoms with Crippen molar-refractivity contribution in [2.24, 2.45) is 0 Å². The number of hydrogen-bond donors (Lipinski definition) is 1. The smallest absolute Gasteiger partial charge is 0.243 e. The molecule has 1 aliphatic heterocycles. The van der Waals surface area contributed by atoms with Crippen molar-refractivity contribution in [3.05, 3.63) is 53.9 Å². The van der Waals surface area contributed by atoms with Crippen LogP contribution in [0.1, 0.15) is 30.9 Å². The first kappa shape index (κ1) is 19.7. The van der Waals surface area contributed by atoms with E-state index in [4.69, 9.17) is 9.47 Å². The molecule has 0 saturated carbocycles. The Morgan fingerprint density at radius 3 is 2.82 bits per heavy atom. The average Bonchev–Trinajstić information content (AvgIpc) is 3.22. The maximum absolute atomic E-state index is 12.4. The average molecular weight is 383 g/mol. The van der Waals surface area contributed by atoms with E-state index in [1.165, 1.54) is 6.92 Å². The number of nitrogens with zero attached hydrogens (tertiary/aromatic N) is 2. The second-order valence-electron chi connectivity index (χ2n) is 6.72. The molecule has 0 radical (unpaired) electrons. The van der Waals surface area contributed by atoms with E-state index in [1.54, 1.807) is 24.4 Å². The van der Waals surface area contributed by atoms with E-state index in [1.807, 2.05) is 30.3 Å². The summed E-state index contributed by atoms with van der Waals surface area (Å²) in [6, 6.07) is 8.99. The van der Waals surface area contributed by atoms with Crippen LogP contribution in [0.2, 0.25) is 0 Å². The second kappa shape index (κ2) is 9.21. The maximum Gasteiger partial charge on any atom is 0.243 e. The van der Waals surface area contributed by atoms with E-state index in [9.17, 15) is 9.59 Å². The lowest BCUT2D eigenvalue weighted by Crippen LogP contribution is -2.44. The molecule has 0 aliphatic carbocycles. The number of ether oxygens (including phenoxy) is 2. The minimum absolute atomic E-state index is 0.0607. The summed E-state index contributed by atoms with van der Waals surface area (Å²) in [6.07, 6.45) is 5.03. The van der Waals surface area contributed by atoms with Crippen molar-refractivity contribution >= 4 is 11.8 Å². The first-order valence-corrected chi connectivity index (χ1v) is 9.32. The van der Waals surface area contributed by atoms with E-state index in [0.717, 1.165) is 17.5 Å². The number of likely N-dealkylation sites (tertiary alicyclic amines) is 1. The van der Waals surface area contributed by atoms with Crippen LogP contribution in [-0.2, 0) is 22.7 Å². The van der Waals surface area contributed by atoms with Gasteiger partial charge in [-0.3, -0.25) is 14.6 Å². The van der Waals surface area contributed by atoms with Crippen LogP contribution >= 0.6 is 0 Å². The Kier molecular flexibility index (Phi) is 6.47. The van der Waals surface area contributed by atoms with Crippen LogP contribution < -0.4 is 14.8 Å². The molecule has 1 fully saturated rings. The Bertz CT molecular complexity index is 826. The molecule has 2 amide bonds. The Labute approximate surface area is 164 Å². The minimum atomic E-state index is -0.374. The molecule has 1 N–H and O–H groups in total. The standard InChI is InChI=1S/C21H25N3O4/c1-15(25)24-10-4-6-18(24)21(26)23-13-16-7-8-19(20(11-16)27-2)28-14-17-5-3-9-22-12-17/h3,5,7-9,11-12,18H,4,6,10,13-14H2,1-2H3,(H,23,26). The summed E-state index contributed by atoms with van der Waals surface area (Å²) >= 11 is 0. The van der Waals surface area contributed by atoms with Crippen molar-refractivity contribution in [3.63, 3.8) is 0 Å². The quantitative estimate of drug-likeness (QED) is 0.793. The number of aromatic nitrogens is 1. The zero-order valence-corrected chi connectivity index (χ0v) is 16.2. The van der Waals surface area contributed by atoms with Crippen molar-refractivity contribution in [2.45, 2.75) is 39.0 Å². The lowest BCUT2D eigenvalue weighted by molar-refractivity contribution is -0.136. The molecular weight excluding hydrogens is 358 g/mol. The summed E-state index contributed by atoms with van der Waals surface area (Å²) in [7, 11) is 1.58. The van der Waals surface area contributed by atoms with Gasteiger partial charge in [0.2, 0.25) is 11.8 Å². The molecular formula is C21H25N3O4. The fourth-order valence-electron chi connectivity index (χ4n) is 3.31. The lowest BCUT2D eigenvalue weighted by atomic mass is 10.1. The van der Waals surface area contributed by atoms with Gasteiger partial charge >= 0.3 is 0 Å². The predicted molar refractivity (Wildman–Crippen MR) is 104 cm³/mol. The zero-order valence-electron chi connectivity index (χ0n) is 16.2. The van der Waals surface area contributed by atoms with Crippen molar-refractivity contribution in [1.29, 1.82) is 0 Å². The van der Waals surface area contributed by atoms with Crippen LogP contribution in [0.15, 0.2) is 42.7 Å². The molecule has 0 spiro atoms. The monoisotopic (exact) mass is 383 g/mol. The van der Waals surface area contributed by atoms with Crippen LogP contribution in [0.5, 0.6) is 11.5 Å². The van der Waals surface area contributed by atoms with Gasteiger partial charge in [-0.25, -0.2) is 0 Å². The Morgan fingerprint density at radius 1 is 1.25 bits per heavy atom. The molecule has 2 aromatic rings. The number of carbonyl (C=O) groups excluding carboxylic acids is 2. The highest BCUT2D eigenvalue weighted by molar-refractivity contribution is 5.87. The SMILES string of the molecule is COc1cc(CNC(=O)C2CCCN2C(C)=O)ccc1OCc1cccnc1. The number of nitrogens with one attached hydrogen (secondary N) is 1. The number of hydrogen-bond acceptors (Lipinski definition) is 5. The zero-order chi connectivity index (χ0) is 19.9. The molecule has 7 heteroatoms. The highest BCUT2D eigenvalue weighted by Crippen LogP contribution is 2.29. The number of pyridine rings is 1. The van der Waals surface area contributed by atoms with Crippen LogP contribution in [0.3, 0.4) is 0 Å². The van der Waals surface area contributed by atoms with Gasteiger partial charge in [-0.2, -0.15) is 0 Å². The largest absolute Gasteiger partial charge is 0.493 e. The topological polar surface area (TPSA) is 80.8 Å². The van der Waals surface area contributed by atoms with E-state index < -0.39 is 0 Å². The van der Waals surface area contributed by atoms with Crippen molar-refractivity contribution < 1.29 is 19.1 Å². The highest BCUT2D eigenvalue weighted by atomic mass is 16.5. The van der Waals surface area contributed by atoms with E-state index in [2.05, 4.69) is 10.3 Å². The summed E-state index contributed by atoms with van der Waals surface area (Å²) in [5, 5.41) is 2.92. The van der Waals surface area contributed by atoms with Gasteiger partial charge in [0.25, 0.3) is 0 Å². The number of benzene rings is 1. The van der Waals surface area contributed by atoms with Crippen LogP contribution in [0.25, 0.3) is 0 Å². The molecule has 1 aromatic heterocycles. The van der Waals surface area contributed by atoms with Gasteiger partial charge in [0.1, 0.15) is 12.6 Å². The van der Waals surface area contributed by atoms with E-state index >= 15 is 0 Å². The summed E-state index contributed by atoms with van der Waals surface area (Å²) in [5.74, 6) is 1.04. The summed E-state index contributed by atoms with van der Waals surface area (Å²) in [5.41, 5.74) is 1.86. The molecule has 1 aromatic carbocycles. The molecule has 1 saturated heterocycles. The van der Waals surface area contributed by atoms with Gasteiger partial charge in [-0.15, -0.1) is 0 Å². The van der Waals surface area contributed by atoms with Crippen molar-refractivity contribution in [2.75, 3.05) is 13.7 Å². The molecule has 148 valence electrons. The Morgan fingerprint density at radius 2 is 2.11 bits per heavy atom. The fraction of sp³-hybridized carbons (Fsp3) is 0.381. The third-order valence-corrected chi connectivity index (χ3v) is 4.77.